The molecule has 0 aliphatic rings. The van der Waals surface area contributed by atoms with Crippen LogP contribution in [-0.4, -0.2) is 15.9 Å². The van der Waals surface area contributed by atoms with Crippen molar-refractivity contribution < 1.29 is 4.79 Å². The minimum absolute atomic E-state index is 0.229. The summed E-state index contributed by atoms with van der Waals surface area (Å²) in [7, 11) is 0. The van der Waals surface area contributed by atoms with E-state index in [-0.39, 0.29) is 12.3 Å². The van der Waals surface area contributed by atoms with Gasteiger partial charge in [0.1, 0.15) is 11.6 Å². The maximum Gasteiger partial charge on any atom is 0.221 e. The molecule has 0 aliphatic carbocycles. The summed E-state index contributed by atoms with van der Waals surface area (Å²) in [6.45, 7) is 2.01. The number of aromatic nitrogens is 2. The maximum atomic E-state index is 11.0. The lowest BCUT2D eigenvalue weighted by Gasteiger charge is -2.10. The number of aryl methyl sites for hydroxylation is 1. The van der Waals surface area contributed by atoms with E-state index in [4.69, 9.17) is 17.3 Å². The van der Waals surface area contributed by atoms with Gasteiger partial charge in [-0.15, -0.1) is 0 Å². The normalized spacial score (nSPS) is 10.5. The molecule has 5 nitrogen and oxygen atoms in total. The van der Waals surface area contributed by atoms with Gasteiger partial charge in [0.05, 0.1) is 12.1 Å². The largest absolute Gasteiger partial charge is 0.369 e. The summed E-state index contributed by atoms with van der Waals surface area (Å²) in [5.74, 6) is 1.10. The summed E-state index contributed by atoms with van der Waals surface area (Å²) < 4.78 is 0. The van der Waals surface area contributed by atoms with Crippen molar-refractivity contribution in [3.63, 3.8) is 0 Å². The fourth-order valence-corrected chi connectivity index (χ4v) is 2.76. The third-order valence-corrected chi connectivity index (χ3v) is 4.05. The quantitative estimate of drug-likeness (QED) is 0.687. The lowest BCUT2D eigenvalue weighted by Crippen LogP contribution is -2.13. The Bertz CT molecular complexity index is 925. The van der Waals surface area contributed by atoms with Crippen molar-refractivity contribution in [1.29, 1.82) is 0 Å². The number of carbonyl (C=O) groups is 1. The molecule has 0 fully saturated rings. The highest BCUT2D eigenvalue weighted by Crippen LogP contribution is 2.25. The van der Waals surface area contributed by atoms with Crippen molar-refractivity contribution in [2.45, 2.75) is 19.8 Å². The molecule has 1 amide bonds. The number of carbonyl (C=O) groups excluding carboxylic acids is 1. The minimum atomic E-state index is -0.347. The molecule has 132 valence electrons. The predicted molar refractivity (Wildman–Crippen MR) is 104 cm³/mol. The molecule has 3 N–H and O–H groups in total. The molecule has 1 heterocycles. The van der Waals surface area contributed by atoms with Crippen LogP contribution in [0.2, 0.25) is 5.02 Å². The second-order valence-corrected chi connectivity index (χ2v) is 6.32. The van der Waals surface area contributed by atoms with Crippen molar-refractivity contribution in [2.75, 3.05) is 5.32 Å². The summed E-state index contributed by atoms with van der Waals surface area (Å²) in [6, 6.07) is 17.0. The molecular weight excluding hydrogens is 348 g/mol. The Morgan fingerprint density at radius 2 is 1.88 bits per heavy atom. The smallest absolute Gasteiger partial charge is 0.221 e. The van der Waals surface area contributed by atoms with Gasteiger partial charge in [-0.2, -0.15) is 0 Å². The predicted octanol–water partition coefficient (Wildman–Crippen LogP) is 4.13. The Balaban J connectivity index is 1.87. The number of nitrogens with one attached hydrogen (secondary N) is 1. The number of nitrogens with two attached hydrogens (primary N) is 1. The Labute approximate surface area is 157 Å². The van der Waals surface area contributed by atoms with Crippen molar-refractivity contribution in [1.82, 2.24) is 9.97 Å². The summed E-state index contributed by atoms with van der Waals surface area (Å²) in [6.07, 6.45) is 0.952. The molecule has 3 rings (SSSR count). The fraction of sp³-hybridized carbons (Fsp3) is 0.150. The zero-order valence-corrected chi connectivity index (χ0v) is 15.1. The first-order chi connectivity index (χ1) is 12.5. The Morgan fingerprint density at radius 3 is 2.54 bits per heavy atom. The van der Waals surface area contributed by atoms with Gasteiger partial charge in [0.15, 0.2) is 0 Å². The Hall–Kier alpha value is -2.92. The van der Waals surface area contributed by atoms with Crippen molar-refractivity contribution in [2.24, 2.45) is 5.73 Å². The van der Waals surface area contributed by atoms with Crippen LogP contribution in [0.25, 0.3) is 11.3 Å². The first-order valence-electron chi connectivity index (χ1n) is 8.31. The molecule has 0 unspecified atom stereocenters. The van der Waals surface area contributed by atoms with Crippen LogP contribution in [0.1, 0.15) is 18.3 Å². The molecule has 0 radical (unpaired) electrons. The van der Waals surface area contributed by atoms with Crippen molar-refractivity contribution in [3.05, 3.63) is 71.0 Å². The van der Waals surface area contributed by atoms with Gasteiger partial charge in [0, 0.05) is 28.8 Å². The van der Waals surface area contributed by atoms with Gasteiger partial charge in [-0.25, -0.2) is 9.97 Å². The van der Waals surface area contributed by atoms with E-state index in [1.54, 1.807) is 0 Å². The number of nitrogens with zero attached hydrogens (tertiary/aromatic N) is 2. The van der Waals surface area contributed by atoms with Crippen LogP contribution in [-0.2, 0) is 17.6 Å². The summed E-state index contributed by atoms with van der Waals surface area (Å²) in [5, 5.41) is 3.95. The third-order valence-electron chi connectivity index (χ3n) is 3.81. The van der Waals surface area contributed by atoms with Crippen LogP contribution in [0, 0.1) is 0 Å². The highest BCUT2D eigenvalue weighted by Gasteiger charge is 2.07. The van der Waals surface area contributed by atoms with Crippen LogP contribution in [0.15, 0.2) is 54.6 Å². The third kappa shape index (κ3) is 4.58. The highest BCUT2D eigenvalue weighted by atomic mass is 35.5. The number of halogens is 1. The van der Waals surface area contributed by atoms with Crippen LogP contribution in [0.4, 0.5) is 11.5 Å². The topological polar surface area (TPSA) is 80.9 Å². The Morgan fingerprint density at radius 1 is 1.12 bits per heavy atom. The number of hydrogen-bond donors (Lipinski definition) is 2. The molecule has 0 aliphatic heterocycles. The van der Waals surface area contributed by atoms with E-state index in [0.717, 1.165) is 34.8 Å². The van der Waals surface area contributed by atoms with E-state index in [2.05, 4.69) is 15.3 Å². The molecular formula is C20H19ClN4O. The minimum Gasteiger partial charge on any atom is -0.369 e. The van der Waals surface area contributed by atoms with E-state index >= 15 is 0 Å². The van der Waals surface area contributed by atoms with Gasteiger partial charge in [-0.05, 0) is 29.8 Å². The monoisotopic (exact) mass is 366 g/mol. The number of anilines is 2. The molecule has 2 aromatic carbocycles. The van der Waals surface area contributed by atoms with Crippen molar-refractivity contribution >= 4 is 29.0 Å². The standard InChI is InChI=1S/C20H19ClN4O/c1-2-19-24-17(14-4-3-5-15(21)11-14)12-20(25-19)23-16-8-6-13(7-9-16)10-18(22)26/h3-9,11-12H,2,10H2,1H3,(H2,22,26)(H,23,24,25). The van der Waals surface area contributed by atoms with Crippen LogP contribution in [0.5, 0.6) is 0 Å². The van der Waals surface area contributed by atoms with Gasteiger partial charge < -0.3 is 11.1 Å². The Kier molecular flexibility index (Phi) is 5.49. The molecule has 0 atom stereocenters. The summed E-state index contributed by atoms with van der Waals surface area (Å²) in [4.78, 5) is 20.1. The molecule has 3 aromatic rings. The second kappa shape index (κ2) is 7.97. The van der Waals surface area contributed by atoms with E-state index in [0.29, 0.717) is 10.8 Å². The highest BCUT2D eigenvalue weighted by molar-refractivity contribution is 6.30. The van der Waals surface area contributed by atoms with Crippen LogP contribution in [0.3, 0.4) is 0 Å². The molecule has 0 spiro atoms. The molecule has 6 heteroatoms. The van der Waals surface area contributed by atoms with Crippen LogP contribution >= 0.6 is 11.6 Å². The first kappa shape index (κ1) is 17.9. The lowest BCUT2D eigenvalue weighted by molar-refractivity contribution is -0.117. The number of primary amides is 1. The second-order valence-electron chi connectivity index (χ2n) is 5.88. The number of hydrogen-bond acceptors (Lipinski definition) is 4. The van der Waals surface area contributed by atoms with Gasteiger partial charge in [-0.3, -0.25) is 4.79 Å². The van der Waals surface area contributed by atoms with E-state index in [1.165, 1.54) is 0 Å². The first-order valence-corrected chi connectivity index (χ1v) is 8.69. The maximum absolute atomic E-state index is 11.0. The summed E-state index contributed by atoms with van der Waals surface area (Å²) >= 11 is 6.10. The zero-order chi connectivity index (χ0) is 18.5. The van der Waals surface area contributed by atoms with Crippen molar-refractivity contribution in [3.8, 4) is 11.3 Å². The molecule has 1 aromatic heterocycles. The SMILES string of the molecule is CCc1nc(Nc2ccc(CC(N)=O)cc2)cc(-c2cccc(Cl)c2)n1. The molecule has 0 saturated carbocycles. The van der Waals surface area contributed by atoms with E-state index < -0.39 is 0 Å². The van der Waals surface area contributed by atoms with Gasteiger partial charge in [0.2, 0.25) is 5.91 Å². The molecule has 0 saturated heterocycles. The van der Waals surface area contributed by atoms with Gasteiger partial charge in [-0.1, -0.05) is 42.8 Å². The molecule has 0 bridgehead atoms. The van der Waals surface area contributed by atoms with E-state index in [9.17, 15) is 4.79 Å². The van der Waals surface area contributed by atoms with Gasteiger partial charge in [0.25, 0.3) is 0 Å². The number of benzene rings is 2. The van der Waals surface area contributed by atoms with Crippen LogP contribution < -0.4 is 11.1 Å². The number of rotatable bonds is 6. The van der Waals surface area contributed by atoms with E-state index in [1.807, 2.05) is 61.5 Å². The molecule has 26 heavy (non-hydrogen) atoms. The number of amides is 1. The lowest BCUT2D eigenvalue weighted by atomic mass is 10.1. The summed E-state index contributed by atoms with van der Waals surface area (Å²) in [5.41, 5.74) is 8.72. The average Bonchev–Trinajstić information content (AvgIpc) is 2.62. The van der Waals surface area contributed by atoms with Gasteiger partial charge >= 0.3 is 0 Å². The zero-order valence-electron chi connectivity index (χ0n) is 14.4. The average molecular weight is 367 g/mol. The fourth-order valence-electron chi connectivity index (χ4n) is 2.57.